The third-order valence-electron chi connectivity index (χ3n) is 3.08. The normalized spacial score (nSPS) is 12.3. The van der Waals surface area contributed by atoms with E-state index < -0.39 is 0 Å². The van der Waals surface area contributed by atoms with Gasteiger partial charge >= 0.3 is 0 Å². The fraction of sp³-hybridized carbons (Fsp3) is 0.312. The van der Waals surface area contributed by atoms with Crippen LogP contribution in [0.1, 0.15) is 29.8 Å². The molecule has 0 saturated heterocycles. The first-order valence-electron chi connectivity index (χ1n) is 6.50. The van der Waals surface area contributed by atoms with Crippen LogP contribution < -0.4 is 5.32 Å². The van der Waals surface area contributed by atoms with Crippen molar-refractivity contribution in [1.82, 2.24) is 10.3 Å². The molecule has 0 aliphatic rings. The van der Waals surface area contributed by atoms with E-state index >= 15 is 0 Å². The van der Waals surface area contributed by atoms with E-state index in [-0.39, 0.29) is 6.04 Å². The molecule has 3 nitrogen and oxygen atoms in total. The molecular formula is C16H20N2O. The van der Waals surface area contributed by atoms with E-state index in [0.29, 0.717) is 6.61 Å². The van der Waals surface area contributed by atoms with E-state index in [0.717, 1.165) is 12.2 Å². The summed E-state index contributed by atoms with van der Waals surface area (Å²) < 4.78 is 5.10. The van der Waals surface area contributed by atoms with Gasteiger partial charge in [0.25, 0.3) is 0 Å². The van der Waals surface area contributed by atoms with Gasteiger partial charge in [-0.25, -0.2) is 0 Å². The van der Waals surface area contributed by atoms with Crippen molar-refractivity contribution in [3.8, 4) is 0 Å². The molecule has 1 heterocycles. The Morgan fingerprint density at radius 1 is 1.11 bits per heavy atom. The van der Waals surface area contributed by atoms with E-state index in [1.54, 1.807) is 7.11 Å². The standard InChI is InChI=1S/C16H20N2O/c1-13(16-5-3-4-10-17-16)18-11-14-6-8-15(9-7-14)12-19-2/h3-10,13,18H,11-12H2,1-2H3. The minimum Gasteiger partial charge on any atom is -0.380 e. The van der Waals surface area contributed by atoms with Crippen molar-refractivity contribution in [2.75, 3.05) is 7.11 Å². The smallest absolute Gasteiger partial charge is 0.0713 e. The second-order valence-electron chi connectivity index (χ2n) is 4.61. The molecule has 1 N–H and O–H groups in total. The highest BCUT2D eigenvalue weighted by Crippen LogP contribution is 2.10. The minimum atomic E-state index is 0.250. The molecule has 0 aliphatic carbocycles. The molecule has 2 aromatic rings. The first-order valence-corrected chi connectivity index (χ1v) is 6.50. The van der Waals surface area contributed by atoms with Crippen molar-refractivity contribution < 1.29 is 4.74 Å². The number of methoxy groups -OCH3 is 1. The molecule has 0 saturated carbocycles. The molecule has 1 atom stereocenters. The molecule has 0 aliphatic heterocycles. The third kappa shape index (κ3) is 4.16. The average molecular weight is 256 g/mol. The quantitative estimate of drug-likeness (QED) is 0.862. The molecule has 19 heavy (non-hydrogen) atoms. The summed E-state index contributed by atoms with van der Waals surface area (Å²) in [5.41, 5.74) is 3.53. The maximum Gasteiger partial charge on any atom is 0.0713 e. The van der Waals surface area contributed by atoms with Gasteiger partial charge in [-0.3, -0.25) is 4.98 Å². The van der Waals surface area contributed by atoms with Crippen molar-refractivity contribution in [1.29, 1.82) is 0 Å². The fourth-order valence-corrected chi connectivity index (χ4v) is 1.93. The SMILES string of the molecule is COCc1ccc(CNC(C)c2ccccn2)cc1. The van der Waals surface area contributed by atoms with E-state index in [1.807, 2.05) is 24.4 Å². The number of ether oxygens (including phenoxy) is 1. The zero-order chi connectivity index (χ0) is 13.5. The van der Waals surface area contributed by atoms with Crippen molar-refractivity contribution in [3.63, 3.8) is 0 Å². The number of benzene rings is 1. The fourth-order valence-electron chi connectivity index (χ4n) is 1.93. The first kappa shape index (κ1) is 13.7. The van der Waals surface area contributed by atoms with Crippen molar-refractivity contribution in [2.45, 2.75) is 26.1 Å². The Morgan fingerprint density at radius 2 is 1.84 bits per heavy atom. The zero-order valence-electron chi connectivity index (χ0n) is 11.5. The molecule has 1 aromatic heterocycles. The minimum absolute atomic E-state index is 0.250. The van der Waals surface area contributed by atoms with Gasteiger partial charge in [0, 0.05) is 25.9 Å². The second kappa shape index (κ2) is 7.02. The molecule has 0 fully saturated rings. The van der Waals surface area contributed by atoms with Crippen LogP contribution in [-0.2, 0) is 17.9 Å². The maximum atomic E-state index is 5.10. The van der Waals surface area contributed by atoms with Gasteiger partial charge in [0.2, 0.25) is 0 Å². The predicted molar refractivity (Wildman–Crippen MR) is 76.6 cm³/mol. The highest BCUT2D eigenvalue weighted by atomic mass is 16.5. The molecule has 1 aromatic carbocycles. The summed E-state index contributed by atoms with van der Waals surface area (Å²) in [6.45, 7) is 3.63. The number of aromatic nitrogens is 1. The monoisotopic (exact) mass is 256 g/mol. The highest BCUT2D eigenvalue weighted by molar-refractivity contribution is 5.22. The summed E-state index contributed by atoms with van der Waals surface area (Å²) >= 11 is 0. The van der Waals surface area contributed by atoms with Gasteiger partial charge in [0.05, 0.1) is 12.3 Å². The van der Waals surface area contributed by atoms with Crippen LogP contribution >= 0.6 is 0 Å². The second-order valence-corrected chi connectivity index (χ2v) is 4.61. The number of nitrogens with zero attached hydrogens (tertiary/aromatic N) is 1. The average Bonchev–Trinajstić information content (AvgIpc) is 2.47. The molecule has 0 bridgehead atoms. The van der Waals surface area contributed by atoms with Crippen LogP contribution in [0.5, 0.6) is 0 Å². The van der Waals surface area contributed by atoms with Gasteiger partial charge < -0.3 is 10.1 Å². The largest absolute Gasteiger partial charge is 0.380 e. The molecule has 100 valence electrons. The van der Waals surface area contributed by atoms with Gasteiger partial charge in [-0.15, -0.1) is 0 Å². The third-order valence-corrected chi connectivity index (χ3v) is 3.08. The highest BCUT2D eigenvalue weighted by Gasteiger charge is 2.05. The Morgan fingerprint density at radius 3 is 2.47 bits per heavy atom. The molecule has 3 heteroatoms. The van der Waals surface area contributed by atoms with E-state index in [2.05, 4.69) is 41.5 Å². The van der Waals surface area contributed by atoms with Crippen LogP contribution in [0.15, 0.2) is 48.7 Å². The summed E-state index contributed by atoms with van der Waals surface area (Å²) in [5.74, 6) is 0. The van der Waals surface area contributed by atoms with E-state index in [9.17, 15) is 0 Å². The zero-order valence-corrected chi connectivity index (χ0v) is 11.5. The van der Waals surface area contributed by atoms with Crippen molar-refractivity contribution >= 4 is 0 Å². The summed E-state index contributed by atoms with van der Waals surface area (Å²) in [7, 11) is 1.71. The first-order chi connectivity index (χ1) is 9.29. The molecule has 0 spiro atoms. The van der Waals surface area contributed by atoms with Crippen LogP contribution in [0.25, 0.3) is 0 Å². The van der Waals surface area contributed by atoms with Crippen LogP contribution in [0.4, 0.5) is 0 Å². The van der Waals surface area contributed by atoms with Crippen molar-refractivity contribution in [2.24, 2.45) is 0 Å². The molecule has 2 rings (SSSR count). The summed E-state index contributed by atoms with van der Waals surface area (Å²) in [6.07, 6.45) is 1.83. The number of pyridine rings is 1. The number of hydrogen-bond acceptors (Lipinski definition) is 3. The lowest BCUT2D eigenvalue weighted by molar-refractivity contribution is 0.185. The lowest BCUT2D eigenvalue weighted by Gasteiger charge is -2.13. The maximum absolute atomic E-state index is 5.10. The van der Waals surface area contributed by atoms with E-state index in [4.69, 9.17) is 4.74 Å². The topological polar surface area (TPSA) is 34.1 Å². The molecule has 1 unspecified atom stereocenters. The van der Waals surface area contributed by atoms with Crippen LogP contribution in [0.2, 0.25) is 0 Å². The number of hydrogen-bond donors (Lipinski definition) is 1. The van der Waals surface area contributed by atoms with Crippen molar-refractivity contribution in [3.05, 3.63) is 65.5 Å². The molecular weight excluding hydrogens is 236 g/mol. The van der Waals surface area contributed by atoms with Gasteiger partial charge in [-0.05, 0) is 30.2 Å². The Kier molecular flexibility index (Phi) is 5.07. The molecule has 0 amide bonds. The van der Waals surface area contributed by atoms with Gasteiger partial charge in [0.15, 0.2) is 0 Å². The molecule has 0 radical (unpaired) electrons. The van der Waals surface area contributed by atoms with Gasteiger partial charge in [0.1, 0.15) is 0 Å². The Balaban J connectivity index is 1.88. The summed E-state index contributed by atoms with van der Waals surface area (Å²) in [4.78, 5) is 4.35. The lowest BCUT2D eigenvalue weighted by Crippen LogP contribution is -2.18. The van der Waals surface area contributed by atoms with Crippen LogP contribution in [-0.4, -0.2) is 12.1 Å². The summed E-state index contributed by atoms with van der Waals surface area (Å²) in [5, 5.41) is 3.47. The Bertz CT molecular complexity index is 482. The number of rotatable bonds is 6. The van der Waals surface area contributed by atoms with Crippen LogP contribution in [0, 0.1) is 0 Å². The number of nitrogens with one attached hydrogen (secondary N) is 1. The van der Waals surface area contributed by atoms with E-state index in [1.165, 1.54) is 11.1 Å². The van der Waals surface area contributed by atoms with Crippen LogP contribution in [0.3, 0.4) is 0 Å². The van der Waals surface area contributed by atoms with Gasteiger partial charge in [-0.2, -0.15) is 0 Å². The van der Waals surface area contributed by atoms with Gasteiger partial charge in [-0.1, -0.05) is 30.3 Å². The summed E-state index contributed by atoms with van der Waals surface area (Å²) in [6, 6.07) is 14.7. The lowest BCUT2D eigenvalue weighted by atomic mass is 10.1. The Labute approximate surface area is 114 Å². The Hall–Kier alpha value is -1.71. The predicted octanol–water partition coefficient (Wildman–Crippen LogP) is 3.08.